The largest absolute Gasteiger partial charge is 0.493 e. The van der Waals surface area contributed by atoms with Gasteiger partial charge in [0.15, 0.2) is 11.5 Å². The number of methoxy groups -OCH3 is 3. The van der Waals surface area contributed by atoms with Crippen molar-refractivity contribution >= 4 is 18.4 Å². The van der Waals surface area contributed by atoms with Crippen molar-refractivity contribution in [2.45, 2.75) is 6.61 Å². The summed E-state index contributed by atoms with van der Waals surface area (Å²) >= 11 is 0. The quantitative estimate of drug-likeness (QED) is 0.754. The second-order valence-electron chi connectivity index (χ2n) is 4.35. The van der Waals surface area contributed by atoms with Crippen LogP contribution in [0, 0.1) is 0 Å². The molecule has 1 aromatic carbocycles. The molecule has 0 aliphatic carbocycles. The molecule has 0 unspecified atom stereocenters. The summed E-state index contributed by atoms with van der Waals surface area (Å²) in [5.41, 5.74) is 1.13. The second kappa shape index (κ2) is 8.85. The number of halogens is 1. The average Bonchev–Trinajstić information content (AvgIpc) is 2.59. The second-order valence-corrected chi connectivity index (χ2v) is 4.35. The van der Waals surface area contributed by atoms with Crippen LogP contribution in [0.4, 0.5) is 0 Å². The minimum Gasteiger partial charge on any atom is -0.493 e. The normalized spacial score (nSPS) is 9.52. The Hall–Kier alpha value is -2.47. The van der Waals surface area contributed by atoms with Crippen molar-refractivity contribution in [3.05, 3.63) is 47.8 Å². The van der Waals surface area contributed by atoms with E-state index in [4.69, 9.17) is 18.9 Å². The highest BCUT2D eigenvalue weighted by Gasteiger charge is 2.17. The number of esters is 1. The Kier molecular flexibility index (Phi) is 7.15. The maximum atomic E-state index is 12.2. The van der Waals surface area contributed by atoms with Gasteiger partial charge in [0.25, 0.3) is 0 Å². The molecule has 7 heteroatoms. The van der Waals surface area contributed by atoms with Gasteiger partial charge in [-0.1, -0.05) is 6.07 Å². The fourth-order valence-electron chi connectivity index (χ4n) is 1.91. The number of carbonyl (C=O) groups is 1. The Bertz CT molecular complexity index is 623. The van der Waals surface area contributed by atoms with Gasteiger partial charge in [-0.05, 0) is 18.2 Å². The van der Waals surface area contributed by atoms with Gasteiger partial charge in [-0.25, -0.2) is 4.79 Å². The van der Waals surface area contributed by atoms with E-state index in [9.17, 15) is 4.79 Å². The number of aromatic nitrogens is 1. The lowest BCUT2D eigenvalue weighted by Gasteiger charge is -2.13. The van der Waals surface area contributed by atoms with Crippen molar-refractivity contribution in [3.63, 3.8) is 0 Å². The van der Waals surface area contributed by atoms with Gasteiger partial charge in [0.1, 0.15) is 6.61 Å². The van der Waals surface area contributed by atoms with Crippen LogP contribution >= 0.6 is 12.4 Å². The van der Waals surface area contributed by atoms with Crippen LogP contribution in [0.15, 0.2) is 36.7 Å². The lowest BCUT2D eigenvalue weighted by molar-refractivity contribution is 0.0471. The van der Waals surface area contributed by atoms with E-state index in [1.165, 1.54) is 21.3 Å². The number of carbonyl (C=O) groups excluding carboxylic acids is 1. The van der Waals surface area contributed by atoms with Gasteiger partial charge in [-0.2, -0.15) is 0 Å². The number of nitrogens with zero attached hydrogens (tertiary/aromatic N) is 1. The SMILES string of the molecule is COc1cc(C(=O)OCc2cccnc2)cc(OC)c1OC.Cl. The molecule has 23 heavy (non-hydrogen) atoms. The van der Waals surface area contributed by atoms with Gasteiger partial charge < -0.3 is 18.9 Å². The summed E-state index contributed by atoms with van der Waals surface area (Å²) in [4.78, 5) is 16.1. The van der Waals surface area contributed by atoms with Gasteiger partial charge >= 0.3 is 5.97 Å². The summed E-state index contributed by atoms with van der Waals surface area (Å²) in [6.07, 6.45) is 3.30. The lowest BCUT2D eigenvalue weighted by atomic mass is 10.2. The zero-order valence-electron chi connectivity index (χ0n) is 13.1. The van der Waals surface area contributed by atoms with Crippen molar-refractivity contribution in [1.29, 1.82) is 0 Å². The number of rotatable bonds is 6. The molecule has 6 nitrogen and oxygen atoms in total. The molecule has 124 valence electrons. The van der Waals surface area contributed by atoms with Crippen LogP contribution in [0.2, 0.25) is 0 Å². The molecule has 2 aromatic rings. The van der Waals surface area contributed by atoms with Crippen LogP contribution in [-0.4, -0.2) is 32.3 Å². The lowest BCUT2D eigenvalue weighted by Crippen LogP contribution is -2.07. The van der Waals surface area contributed by atoms with Crippen molar-refractivity contribution in [2.24, 2.45) is 0 Å². The molecule has 1 aromatic heterocycles. The summed E-state index contributed by atoms with van der Waals surface area (Å²) in [6, 6.07) is 6.71. The van der Waals surface area contributed by atoms with E-state index in [2.05, 4.69) is 4.98 Å². The van der Waals surface area contributed by atoms with Crippen LogP contribution in [-0.2, 0) is 11.3 Å². The molecule has 0 saturated heterocycles. The van der Waals surface area contributed by atoms with Gasteiger partial charge in [-0.15, -0.1) is 12.4 Å². The third-order valence-electron chi connectivity index (χ3n) is 2.99. The van der Waals surface area contributed by atoms with Gasteiger partial charge in [-0.3, -0.25) is 4.98 Å². The Labute approximate surface area is 140 Å². The monoisotopic (exact) mass is 339 g/mol. The number of ether oxygens (including phenoxy) is 4. The summed E-state index contributed by atoms with van der Waals surface area (Å²) in [6.45, 7) is 0.142. The average molecular weight is 340 g/mol. The van der Waals surface area contributed by atoms with Crippen molar-refractivity contribution in [2.75, 3.05) is 21.3 Å². The van der Waals surface area contributed by atoms with E-state index in [0.717, 1.165) is 5.56 Å². The maximum Gasteiger partial charge on any atom is 0.338 e. The molecule has 0 aliphatic heterocycles. The zero-order chi connectivity index (χ0) is 15.9. The highest BCUT2D eigenvalue weighted by Crippen LogP contribution is 2.38. The molecule has 2 rings (SSSR count). The molecule has 0 amide bonds. The smallest absolute Gasteiger partial charge is 0.338 e. The number of benzene rings is 1. The molecule has 0 N–H and O–H groups in total. The first-order chi connectivity index (χ1) is 10.7. The van der Waals surface area contributed by atoms with E-state index in [0.29, 0.717) is 22.8 Å². The highest BCUT2D eigenvalue weighted by atomic mass is 35.5. The molecule has 1 heterocycles. The zero-order valence-corrected chi connectivity index (χ0v) is 13.9. The Morgan fingerprint density at radius 2 is 1.74 bits per heavy atom. The molecule has 0 atom stereocenters. The highest BCUT2D eigenvalue weighted by molar-refractivity contribution is 5.91. The first-order valence-electron chi connectivity index (χ1n) is 6.55. The first-order valence-corrected chi connectivity index (χ1v) is 6.55. The molecule has 0 radical (unpaired) electrons. The molecule has 0 spiro atoms. The predicted molar refractivity (Wildman–Crippen MR) is 86.7 cm³/mol. The molecule has 0 saturated carbocycles. The number of hydrogen-bond donors (Lipinski definition) is 0. The van der Waals surface area contributed by atoms with Crippen LogP contribution in [0.25, 0.3) is 0 Å². The summed E-state index contributed by atoms with van der Waals surface area (Å²) in [7, 11) is 4.48. The van der Waals surface area contributed by atoms with E-state index in [1.54, 1.807) is 30.6 Å². The third kappa shape index (κ3) is 4.50. The Morgan fingerprint density at radius 3 is 2.22 bits per heavy atom. The minimum atomic E-state index is -0.483. The fraction of sp³-hybridized carbons (Fsp3) is 0.250. The fourth-order valence-corrected chi connectivity index (χ4v) is 1.91. The van der Waals surface area contributed by atoms with Crippen LogP contribution in [0.1, 0.15) is 15.9 Å². The summed E-state index contributed by atoms with van der Waals surface area (Å²) < 4.78 is 20.9. The van der Waals surface area contributed by atoms with Gasteiger partial charge in [0.2, 0.25) is 5.75 Å². The number of hydrogen-bond acceptors (Lipinski definition) is 6. The molecular formula is C16H18ClNO5. The van der Waals surface area contributed by atoms with Gasteiger partial charge in [0.05, 0.1) is 26.9 Å². The predicted octanol–water partition coefficient (Wildman–Crippen LogP) is 2.89. The van der Waals surface area contributed by atoms with Crippen molar-refractivity contribution < 1.29 is 23.7 Å². The molecular weight excluding hydrogens is 322 g/mol. The van der Waals surface area contributed by atoms with E-state index < -0.39 is 5.97 Å². The standard InChI is InChI=1S/C16H17NO5.ClH/c1-19-13-7-12(8-14(20-2)15(13)21-3)16(18)22-10-11-5-4-6-17-9-11;/h4-9H,10H2,1-3H3;1H. The van der Waals surface area contributed by atoms with Crippen LogP contribution in [0.3, 0.4) is 0 Å². The van der Waals surface area contributed by atoms with Crippen molar-refractivity contribution in [1.82, 2.24) is 4.98 Å². The summed E-state index contributed by atoms with van der Waals surface area (Å²) in [5, 5.41) is 0. The van der Waals surface area contributed by atoms with E-state index in [-0.39, 0.29) is 19.0 Å². The minimum absolute atomic E-state index is 0. The van der Waals surface area contributed by atoms with Crippen LogP contribution in [0.5, 0.6) is 17.2 Å². The van der Waals surface area contributed by atoms with E-state index >= 15 is 0 Å². The Morgan fingerprint density at radius 1 is 1.09 bits per heavy atom. The van der Waals surface area contributed by atoms with E-state index in [1.807, 2.05) is 6.07 Å². The molecule has 0 aliphatic rings. The first kappa shape index (κ1) is 18.6. The van der Waals surface area contributed by atoms with Crippen molar-refractivity contribution in [3.8, 4) is 17.2 Å². The molecule has 0 bridgehead atoms. The van der Waals surface area contributed by atoms with Gasteiger partial charge in [0, 0.05) is 18.0 Å². The third-order valence-corrected chi connectivity index (χ3v) is 2.99. The summed E-state index contributed by atoms with van der Waals surface area (Å²) in [5.74, 6) is 0.738. The molecule has 0 fully saturated rings. The van der Waals surface area contributed by atoms with Crippen LogP contribution < -0.4 is 14.2 Å². The Balaban J connectivity index is 0.00000264. The topological polar surface area (TPSA) is 66.9 Å². The number of pyridine rings is 1. The maximum absolute atomic E-state index is 12.2.